The number of ketones is 2. The van der Waals surface area contributed by atoms with Gasteiger partial charge in [-0.3, -0.25) is 24.1 Å². The van der Waals surface area contributed by atoms with Gasteiger partial charge < -0.3 is 14.6 Å². The Bertz CT molecular complexity index is 1610. The molecule has 4 atom stereocenters. The van der Waals surface area contributed by atoms with Gasteiger partial charge in [-0.1, -0.05) is 30.7 Å². The predicted octanol–water partition coefficient (Wildman–Crippen LogP) is 4.61. The second-order valence-electron chi connectivity index (χ2n) is 11.0. The molecule has 4 aliphatic rings. The summed E-state index contributed by atoms with van der Waals surface area (Å²) in [6.07, 6.45) is 4.56. The number of Topliss-reactive ketones (excluding diaryl/α,β-unsaturated/α-hetero) is 1. The second kappa shape index (κ2) is 9.87. The van der Waals surface area contributed by atoms with Crippen molar-refractivity contribution in [2.24, 2.45) is 17.8 Å². The van der Waals surface area contributed by atoms with Crippen molar-refractivity contribution in [2.45, 2.75) is 39.0 Å². The number of rotatable bonds is 5. The van der Waals surface area contributed by atoms with Gasteiger partial charge in [-0.25, -0.2) is 0 Å². The molecule has 2 aromatic rings. The van der Waals surface area contributed by atoms with E-state index in [2.05, 4.69) is 0 Å². The van der Waals surface area contributed by atoms with Crippen LogP contribution < -0.4 is 14.4 Å². The van der Waals surface area contributed by atoms with Gasteiger partial charge in [0.25, 0.3) is 0 Å². The average molecular weight is 554 g/mol. The summed E-state index contributed by atoms with van der Waals surface area (Å²) in [6, 6.07) is 10.5. The fourth-order valence-corrected chi connectivity index (χ4v) is 7.01. The number of nitrogens with zero attached hydrogens (tertiary/aromatic N) is 1. The molecule has 1 heterocycles. The number of fused-ring (bicyclic) bond motifs is 3. The number of aromatic hydroxyl groups is 1. The minimum absolute atomic E-state index is 0.153. The molecule has 0 spiro atoms. The Morgan fingerprint density at radius 2 is 1.71 bits per heavy atom. The first-order valence-corrected chi connectivity index (χ1v) is 13.8. The summed E-state index contributed by atoms with van der Waals surface area (Å²) in [6.45, 7) is 3.64. The molecule has 3 aliphatic carbocycles. The molecule has 8 nitrogen and oxygen atoms in total. The first-order chi connectivity index (χ1) is 19.7. The van der Waals surface area contributed by atoms with E-state index in [0.717, 1.165) is 17.6 Å². The van der Waals surface area contributed by atoms with Gasteiger partial charge in [0.1, 0.15) is 17.2 Å². The first kappa shape index (κ1) is 26.7. The molecule has 41 heavy (non-hydrogen) atoms. The fourth-order valence-electron chi connectivity index (χ4n) is 7.01. The molecular formula is C33H31NO7. The third kappa shape index (κ3) is 3.96. The van der Waals surface area contributed by atoms with Gasteiger partial charge in [0.05, 0.1) is 31.7 Å². The van der Waals surface area contributed by atoms with Crippen LogP contribution in [0, 0.1) is 17.8 Å². The van der Waals surface area contributed by atoms with Crippen LogP contribution in [0.4, 0.5) is 5.69 Å². The standard InChI is InChI=1S/C33H31NO7/c1-5-17-6-8-18(9-7-17)34-32(38)21-11-10-20-22(27(21)33(34)39)15-23-28(24(35)12-16(2)31(23)37)29(20)30-25(36)13-19(40-3)14-26(30)41-4/h6-10,12-14,21-22,27,29,36H,5,11,15H2,1-4H3/t21-,22+,27-,29-/m0/s1. The molecule has 2 amide bonds. The lowest BCUT2D eigenvalue weighted by Gasteiger charge is -2.42. The lowest BCUT2D eigenvalue weighted by molar-refractivity contribution is -0.123. The number of anilines is 1. The number of hydrogen-bond donors (Lipinski definition) is 1. The second-order valence-corrected chi connectivity index (χ2v) is 11.0. The molecular weight excluding hydrogens is 522 g/mol. The number of allylic oxidation sites excluding steroid dienone is 6. The third-order valence-electron chi connectivity index (χ3n) is 9.00. The van der Waals surface area contributed by atoms with Crippen LogP contribution in [0.25, 0.3) is 0 Å². The Morgan fingerprint density at radius 1 is 0.976 bits per heavy atom. The smallest absolute Gasteiger partial charge is 0.238 e. The van der Waals surface area contributed by atoms with Crippen LogP contribution in [0.15, 0.2) is 70.8 Å². The van der Waals surface area contributed by atoms with Crippen molar-refractivity contribution in [3.63, 3.8) is 0 Å². The minimum Gasteiger partial charge on any atom is -0.507 e. The van der Waals surface area contributed by atoms with Crippen LogP contribution in [0.5, 0.6) is 17.2 Å². The normalized spacial score (nSPS) is 25.4. The van der Waals surface area contributed by atoms with E-state index in [4.69, 9.17) is 9.47 Å². The Hall–Kier alpha value is -4.46. The minimum atomic E-state index is -0.827. The van der Waals surface area contributed by atoms with E-state index in [9.17, 15) is 24.3 Å². The monoisotopic (exact) mass is 553 g/mol. The van der Waals surface area contributed by atoms with Crippen molar-refractivity contribution in [1.82, 2.24) is 0 Å². The predicted molar refractivity (Wildman–Crippen MR) is 151 cm³/mol. The van der Waals surface area contributed by atoms with Crippen LogP contribution in [-0.4, -0.2) is 42.7 Å². The number of carbonyl (C=O) groups is 4. The zero-order chi connectivity index (χ0) is 29.2. The molecule has 0 saturated carbocycles. The molecule has 1 aliphatic heterocycles. The summed E-state index contributed by atoms with van der Waals surface area (Å²) in [4.78, 5) is 56.0. The number of amides is 2. The highest BCUT2D eigenvalue weighted by Crippen LogP contribution is 2.58. The van der Waals surface area contributed by atoms with Crippen LogP contribution >= 0.6 is 0 Å². The van der Waals surface area contributed by atoms with Gasteiger partial charge >= 0.3 is 0 Å². The number of carbonyl (C=O) groups excluding carboxylic acids is 4. The topological polar surface area (TPSA) is 110 Å². The van der Waals surface area contributed by atoms with Gasteiger partial charge in [-0.2, -0.15) is 0 Å². The summed E-state index contributed by atoms with van der Waals surface area (Å²) in [5.74, 6) is -3.26. The van der Waals surface area contributed by atoms with E-state index in [-0.39, 0.29) is 41.1 Å². The molecule has 0 radical (unpaired) electrons. The number of imide groups is 1. The zero-order valence-electron chi connectivity index (χ0n) is 23.4. The van der Waals surface area contributed by atoms with Crippen LogP contribution in [0.1, 0.15) is 43.7 Å². The highest BCUT2D eigenvalue weighted by molar-refractivity contribution is 6.25. The molecule has 0 aromatic heterocycles. The number of hydrogen-bond acceptors (Lipinski definition) is 7. The van der Waals surface area contributed by atoms with Crippen molar-refractivity contribution in [2.75, 3.05) is 19.1 Å². The van der Waals surface area contributed by atoms with Crippen molar-refractivity contribution in [1.29, 1.82) is 0 Å². The highest BCUT2D eigenvalue weighted by Gasteiger charge is 2.57. The van der Waals surface area contributed by atoms with E-state index in [1.54, 1.807) is 25.1 Å². The van der Waals surface area contributed by atoms with Gasteiger partial charge in [-0.05, 0) is 55.9 Å². The van der Waals surface area contributed by atoms with Crippen molar-refractivity contribution in [3.05, 3.63) is 82.0 Å². The van der Waals surface area contributed by atoms with Gasteiger partial charge in [0.15, 0.2) is 11.6 Å². The summed E-state index contributed by atoms with van der Waals surface area (Å²) >= 11 is 0. The molecule has 8 heteroatoms. The van der Waals surface area contributed by atoms with E-state index in [1.807, 2.05) is 25.1 Å². The third-order valence-corrected chi connectivity index (χ3v) is 9.00. The number of phenolic OH excluding ortho intramolecular Hbond substituents is 1. The van der Waals surface area contributed by atoms with Crippen molar-refractivity contribution in [3.8, 4) is 17.2 Å². The quantitative estimate of drug-likeness (QED) is 0.327. The summed E-state index contributed by atoms with van der Waals surface area (Å²) in [7, 11) is 2.92. The van der Waals surface area contributed by atoms with Gasteiger partial charge in [0.2, 0.25) is 11.8 Å². The Morgan fingerprint density at radius 3 is 2.37 bits per heavy atom. The fraction of sp³-hybridized carbons (Fsp3) is 0.333. The summed E-state index contributed by atoms with van der Waals surface area (Å²) < 4.78 is 11.0. The first-order valence-electron chi connectivity index (χ1n) is 13.8. The van der Waals surface area contributed by atoms with Gasteiger partial charge in [-0.15, -0.1) is 0 Å². The van der Waals surface area contributed by atoms with Crippen LogP contribution in [0.3, 0.4) is 0 Å². The van der Waals surface area contributed by atoms with Crippen molar-refractivity contribution < 1.29 is 33.8 Å². The molecule has 210 valence electrons. The van der Waals surface area contributed by atoms with Crippen molar-refractivity contribution >= 4 is 29.1 Å². The lowest BCUT2D eigenvalue weighted by Crippen LogP contribution is -2.40. The van der Waals surface area contributed by atoms with E-state index in [1.165, 1.54) is 31.3 Å². The number of ether oxygens (including phenoxy) is 2. The molecule has 0 unspecified atom stereocenters. The van der Waals surface area contributed by atoms with Crippen LogP contribution in [-0.2, 0) is 25.6 Å². The maximum atomic E-state index is 14.1. The summed E-state index contributed by atoms with van der Waals surface area (Å²) in [5, 5.41) is 11.2. The number of benzene rings is 2. The largest absolute Gasteiger partial charge is 0.507 e. The molecule has 6 rings (SSSR count). The Kier molecular flexibility index (Phi) is 6.44. The number of methoxy groups -OCH3 is 2. The summed E-state index contributed by atoms with van der Waals surface area (Å²) in [5.41, 5.74) is 3.62. The van der Waals surface area contributed by atoms with E-state index in [0.29, 0.717) is 40.3 Å². The maximum absolute atomic E-state index is 14.1. The molecule has 1 N–H and O–H groups in total. The Labute approximate surface area is 237 Å². The maximum Gasteiger partial charge on any atom is 0.238 e. The zero-order valence-corrected chi connectivity index (χ0v) is 23.4. The van der Waals surface area contributed by atoms with E-state index < -0.39 is 23.7 Å². The average Bonchev–Trinajstić information content (AvgIpc) is 3.24. The highest BCUT2D eigenvalue weighted by atomic mass is 16.5. The molecule has 1 fully saturated rings. The number of phenols is 1. The molecule has 1 saturated heterocycles. The Balaban J connectivity index is 1.51. The van der Waals surface area contributed by atoms with Crippen LogP contribution in [0.2, 0.25) is 0 Å². The van der Waals surface area contributed by atoms with Gasteiger partial charge in [0, 0.05) is 40.3 Å². The SMILES string of the molecule is CCc1ccc(N2C(=O)[C@H]3[C@H](CC=C4[C@H](c5c(O)cc(OC)cc5OC)C5=C(C[C@H]43)C(=O)C(C)=CC5=O)C2=O)cc1. The molecule has 2 aromatic carbocycles. The number of aryl methyl sites for hydroxylation is 1. The molecule has 0 bridgehead atoms. The lowest BCUT2D eigenvalue weighted by atomic mass is 9.59. The van der Waals surface area contributed by atoms with E-state index >= 15 is 0 Å².